The van der Waals surface area contributed by atoms with Crippen LogP contribution in [-0.4, -0.2) is 18.0 Å². The maximum absolute atomic E-state index is 13.0. The van der Waals surface area contributed by atoms with Crippen molar-refractivity contribution >= 4 is 21.7 Å². The van der Waals surface area contributed by atoms with Gasteiger partial charge in [0.15, 0.2) is 0 Å². The Morgan fingerprint density at radius 3 is 2.68 bits per heavy atom. The molecular formula is C22H20BrFO4. The SMILES string of the molecule is O=C1C(Oc2ccccc2Br)=COC2CC(OCc3ccc(F)cc3)CCC12. The summed E-state index contributed by atoms with van der Waals surface area (Å²) < 4.78 is 31.3. The van der Waals surface area contributed by atoms with Crippen molar-refractivity contribution < 1.29 is 23.4 Å². The molecule has 1 aliphatic heterocycles. The van der Waals surface area contributed by atoms with Gasteiger partial charge in [0.25, 0.3) is 0 Å². The van der Waals surface area contributed by atoms with Crippen molar-refractivity contribution in [1.29, 1.82) is 0 Å². The molecule has 1 heterocycles. The zero-order valence-corrected chi connectivity index (χ0v) is 16.7. The van der Waals surface area contributed by atoms with Gasteiger partial charge in [0.05, 0.1) is 23.1 Å². The highest BCUT2D eigenvalue weighted by molar-refractivity contribution is 9.10. The van der Waals surface area contributed by atoms with E-state index in [4.69, 9.17) is 14.2 Å². The Morgan fingerprint density at radius 2 is 1.89 bits per heavy atom. The van der Waals surface area contributed by atoms with E-state index in [-0.39, 0.29) is 35.5 Å². The van der Waals surface area contributed by atoms with Gasteiger partial charge in [0.2, 0.25) is 11.5 Å². The molecule has 146 valence electrons. The monoisotopic (exact) mass is 446 g/mol. The first kappa shape index (κ1) is 19.2. The van der Waals surface area contributed by atoms with Crippen LogP contribution >= 0.6 is 15.9 Å². The number of rotatable bonds is 5. The number of ketones is 1. The van der Waals surface area contributed by atoms with Crippen LogP contribution in [0, 0.1) is 11.7 Å². The summed E-state index contributed by atoms with van der Waals surface area (Å²) in [5.74, 6) is 0.321. The molecule has 28 heavy (non-hydrogen) atoms. The number of carbonyl (C=O) groups is 1. The predicted octanol–water partition coefficient (Wildman–Crippen LogP) is 5.16. The van der Waals surface area contributed by atoms with Crippen LogP contribution in [0.5, 0.6) is 5.75 Å². The van der Waals surface area contributed by atoms with Crippen molar-refractivity contribution in [2.24, 2.45) is 5.92 Å². The topological polar surface area (TPSA) is 44.8 Å². The van der Waals surface area contributed by atoms with Crippen LogP contribution in [0.4, 0.5) is 4.39 Å². The van der Waals surface area contributed by atoms with E-state index in [0.717, 1.165) is 16.5 Å². The smallest absolute Gasteiger partial charge is 0.208 e. The van der Waals surface area contributed by atoms with Crippen molar-refractivity contribution in [3.05, 3.63) is 76.4 Å². The number of ether oxygens (including phenoxy) is 3. The first-order chi connectivity index (χ1) is 13.6. The molecule has 0 bridgehead atoms. The fourth-order valence-corrected chi connectivity index (χ4v) is 3.97. The van der Waals surface area contributed by atoms with Crippen LogP contribution in [-0.2, 0) is 20.9 Å². The Kier molecular flexibility index (Phi) is 5.78. The number of hydrogen-bond donors (Lipinski definition) is 0. The Hall–Kier alpha value is -2.18. The van der Waals surface area contributed by atoms with Crippen LogP contribution < -0.4 is 4.74 Å². The molecule has 0 N–H and O–H groups in total. The number of carbonyl (C=O) groups excluding carboxylic acids is 1. The third-order valence-electron chi connectivity index (χ3n) is 5.13. The van der Waals surface area contributed by atoms with Gasteiger partial charge in [-0.15, -0.1) is 0 Å². The number of allylic oxidation sites excluding steroid dienone is 1. The van der Waals surface area contributed by atoms with Crippen molar-refractivity contribution in [2.75, 3.05) is 0 Å². The lowest BCUT2D eigenvalue weighted by Crippen LogP contribution is -2.42. The molecule has 1 saturated carbocycles. The van der Waals surface area contributed by atoms with Crippen LogP contribution in [0.25, 0.3) is 0 Å². The van der Waals surface area contributed by atoms with Crippen LogP contribution in [0.3, 0.4) is 0 Å². The summed E-state index contributed by atoms with van der Waals surface area (Å²) >= 11 is 3.42. The highest BCUT2D eigenvalue weighted by atomic mass is 79.9. The first-order valence-electron chi connectivity index (χ1n) is 9.28. The van der Waals surface area contributed by atoms with E-state index in [1.54, 1.807) is 18.2 Å². The maximum atomic E-state index is 13.0. The van der Waals surface area contributed by atoms with Crippen molar-refractivity contribution in [1.82, 2.24) is 0 Å². The number of fused-ring (bicyclic) bond motifs is 1. The van der Waals surface area contributed by atoms with Gasteiger partial charge in [-0.2, -0.15) is 0 Å². The van der Waals surface area contributed by atoms with E-state index >= 15 is 0 Å². The molecule has 2 aromatic carbocycles. The largest absolute Gasteiger partial charge is 0.493 e. The molecule has 0 amide bonds. The first-order valence-corrected chi connectivity index (χ1v) is 10.1. The standard InChI is InChI=1S/C22H20BrFO4/c23-18-3-1-2-4-19(18)28-21-13-27-20-11-16(9-10-17(20)22(21)25)26-12-14-5-7-15(24)8-6-14/h1-8,13,16-17,20H,9-12H2. The summed E-state index contributed by atoms with van der Waals surface area (Å²) in [6.07, 6.45) is 3.35. The van der Waals surface area contributed by atoms with Gasteiger partial charge in [-0.25, -0.2) is 4.39 Å². The van der Waals surface area contributed by atoms with Gasteiger partial charge in [0, 0.05) is 6.42 Å². The number of Topliss-reactive ketones (excluding diaryl/α,β-unsaturated/α-hetero) is 1. The van der Waals surface area contributed by atoms with Gasteiger partial charge in [-0.05, 0) is 58.6 Å². The Bertz CT molecular complexity index is 880. The molecule has 0 spiro atoms. The minimum absolute atomic E-state index is 0.0123. The molecule has 2 aliphatic rings. The predicted molar refractivity (Wildman–Crippen MR) is 105 cm³/mol. The van der Waals surface area contributed by atoms with E-state index in [2.05, 4.69) is 15.9 Å². The highest BCUT2D eigenvalue weighted by Crippen LogP contribution is 2.36. The van der Waals surface area contributed by atoms with E-state index in [1.807, 2.05) is 18.2 Å². The second kappa shape index (κ2) is 8.45. The fourth-order valence-electron chi connectivity index (χ4n) is 3.60. The minimum atomic E-state index is -0.259. The highest BCUT2D eigenvalue weighted by Gasteiger charge is 2.41. The fraction of sp³-hybridized carbons (Fsp3) is 0.318. The van der Waals surface area contributed by atoms with E-state index in [0.29, 0.717) is 25.2 Å². The van der Waals surface area contributed by atoms with Crippen LogP contribution in [0.1, 0.15) is 24.8 Å². The average Bonchev–Trinajstić information content (AvgIpc) is 2.71. The lowest BCUT2D eigenvalue weighted by atomic mass is 9.80. The van der Waals surface area contributed by atoms with Gasteiger partial charge >= 0.3 is 0 Å². The van der Waals surface area contributed by atoms with Gasteiger partial charge in [0.1, 0.15) is 23.9 Å². The number of para-hydroxylation sites is 1. The van der Waals surface area contributed by atoms with Crippen LogP contribution in [0.15, 0.2) is 65.0 Å². The summed E-state index contributed by atoms with van der Waals surface area (Å²) in [5, 5.41) is 0. The summed E-state index contributed by atoms with van der Waals surface area (Å²) in [5.41, 5.74) is 0.924. The van der Waals surface area contributed by atoms with Crippen molar-refractivity contribution in [2.45, 2.75) is 38.1 Å². The average molecular weight is 447 g/mol. The minimum Gasteiger partial charge on any atom is -0.493 e. The Balaban J connectivity index is 1.35. The summed E-state index contributed by atoms with van der Waals surface area (Å²) in [6, 6.07) is 13.7. The molecule has 1 fully saturated rings. The molecule has 3 atom stereocenters. The molecule has 0 saturated heterocycles. The lowest BCUT2D eigenvalue weighted by Gasteiger charge is -2.37. The van der Waals surface area contributed by atoms with Crippen molar-refractivity contribution in [3.63, 3.8) is 0 Å². The molecule has 2 aromatic rings. The van der Waals surface area contributed by atoms with Crippen molar-refractivity contribution in [3.8, 4) is 5.75 Å². The lowest BCUT2D eigenvalue weighted by molar-refractivity contribution is -0.134. The Morgan fingerprint density at radius 1 is 1.11 bits per heavy atom. The Labute approximate surface area is 171 Å². The number of halogens is 2. The molecular weight excluding hydrogens is 427 g/mol. The van der Waals surface area contributed by atoms with Gasteiger partial charge in [-0.1, -0.05) is 24.3 Å². The van der Waals surface area contributed by atoms with Gasteiger partial charge in [-0.3, -0.25) is 4.79 Å². The number of benzene rings is 2. The second-order valence-electron chi connectivity index (χ2n) is 7.03. The second-order valence-corrected chi connectivity index (χ2v) is 7.89. The zero-order valence-electron chi connectivity index (χ0n) is 15.1. The molecule has 0 aromatic heterocycles. The normalized spacial score (nSPS) is 24.1. The molecule has 0 radical (unpaired) electrons. The number of hydrogen-bond acceptors (Lipinski definition) is 4. The van der Waals surface area contributed by atoms with E-state index in [1.165, 1.54) is 18.4 Å². The zero-order chi connectivity index (χ0) is 19.5. The van der Waals surface area contributed by atoms with E-state index in [9.17, 15) is 9.18 Å². The van der Waals surface area contributed by atoms with Gasteiger partial charge < -0.3 is 14.2 Å². The molecule has 3 unspecified atom stereocenters. The third kappa shape index (κ3) is 4.28. The quantitative estimate of drug-likeness (QED) is 0.635. The molecule has 4 rings (SSSR count). The van der Waals surface area contributed by atoms with E-state index < -0.39 is 0 Å². The third-order valence-corrected chi connectivity index (χ3v) is 5.78. The molecule has 1 aliphatic carbocycles. The molecule has 4 nitrogen and oxygen atoms in total. The summed E-state index contributed by atoms with van der Waals surface area (Å²) in [6.45, 7) is 0.419. The van der Waals surface area contributed by atoms with Crippen LogP contribution in [0.2, 0.25) is 0 Å². The summed E-state index contributed by atoms with van der Waals surface area (Å²) in [4.78, 5) is 12.8. The molecule has 6 heteroatoms. The maximum Gasteiger partial charge on any atom is 0.208 e. The summed E-state index contributed by atoms with van der Waals surface area (Å²) in [7, 11) is 0.